The second kappa shape index (κ2) is 8.24. The van der Waals surface area contributed by atoms with Crippen molar-refractivity contribution in [2.75, 3.05) is 7.11 Å². The first-order valence-corrected chi connectivity index (χ1v) is 8.40. The summed E-state index contributed by atoms with van der Waals surface area (Å²) in [5.41, 5.74) is 4.86. The second-order valence-corrected chi connectivity index (χ2v) is 5.98. The summed E-state index contributed by atoms with van der Waals surface area (Å²) in [4.78, 5) is 0. The van der Waals surface area contributed by atoms with Gasteiger partial charge in [0.2, 0.25) is 5.88 Å². The van der Waals surface area contributed by atoms with Crippen molar-refractivity contribution in [1.82, 2.24) is 15.5 Å². The molecule has 1 atom stereocenters. The smallest absolute Gasteiger partial charge is 0.233 e. The molecule has 0 aliphatic rings. The summed E-state index contributed by atoms with van der Waals surface area (Å²) in [5, 5.41) is 20.6. The number of methoxy groups -OCH3 is 1. The van der Waals surface area contributed by atoms with E-state index in [1.807, 2.05) is 30.3 Å². The minimum absolute atomic E-state index is 0.179. The lowest BCUT2D eigenvalue weighted by Gasteiger charge is -2.14. The molecule has 0 spiro atoms. The van der Waals surface area contributed by atoms with Gasteiger partial charge in [-0.25, -0.2) is 0 Å². The molecule has 1 N–H and O–H groups in total. The first kappa shape index (κ1) is 17.6. The summed E-state index contributed by atoms with van der Waals surface area (Å²) in [6, 6.07) is 22.1. The lowest BCUT2D eigenvalue weighted by molar-refractivity contribution is 0.390. The van der Waals surface area contributed by atoms with E-state index in [-0.39, 0.29) is 6.04 Å². The zero-order valence-corrected chi connectivity index (χ0v) is 14.8. The fourth-order valence-electron chi connectivity index (χ4n) is 2.66. The Hall–Kier alpha value is -3.23. The van der Waals surface area contributed by atoms with Crippen LogP contribution in [-0.4, -0.2) is 17.3 Å². The number of ether oxygens (including phenoxy) is 1. The normalized spacial score (nSPS) is 11.6. The van der Waals surface area contributed by atoms with Gasteiger partial charge in [-0.05, 0) is 41.8 Å². The van der Waals surface area contributed by atoms with Gasteiger partial charge in [0, 0.05) is 18.7 Å². The molecule has 0 saturated heterocycles. The molecule has 0 aliphatic heterocycles. The van der Waals surface area contributed by atoms with Crippen LogP contribution in [0.4, 0.5) is 0 Å². The van der Waals surface area contributed by atoms with Gasteiger partial charge in [0.15, 0.2) is 0 Å². The van der Waals surface area contributed by atoms with E-state index in [1.54, 1.807) is 13.2 Å². The largest absolute Gasteiger partial charge is 0.480 e. The van der Waals surface area contributed by atoms with Gasteiger partial charge in [0.1, 0.15) is 0 Å². The van der Waals surface area contributed by atoms with E-state index in [1.165, 1.54) is 5.56 Å². The van der Waals surface area contributed by atoms with Crippen molar-refractivity contribution in [3.8, 4) is 23.1 Å². The fourth-order valence-corrected chi connectivity index (χ4v) is 2.66. The number of hydrogen-bond donors (Lipinski definition) is 1. The first-order valence-electron chi connectivity index (χ1n) is 8.40. The molecule has 0 bridgehead atoms. The summed E-state index contributed by atoms with van der Waals surface area (Å²) in [6.07, 6.45) is 0. The molecule has 5 nitrogen and oxygen atoms in total. The molecule has 1 aromatic heterocycles. The molecule has 1 heterocycles. The highest BCUT2D eigenvalue weighted by Crippen LogP contribution is 2.23. The molecule has 0 fully saturated rings. The zero-order chi connectivity index (χ0) is 18.4. The Morgan fingerprint density at radius 1 is 1.04 bits per heavy atom. The lowest BCUT2D eigenvalue weighted by atomic mass is 10.00. The van der Waals surface area contributed by atoms with Crippen LogP contribution in [0.25, 0.3) is 11.1 Å². The highest BCUT2D eigenvalue weighted by Gasteiger charge is 2.07. The van der Waals surface area contributed by atoms with E-state index in [2.05, 4.69) is 52.8 Å². The van der Waals surface area contributed by atoms with E-state index in [4.69, 9.17) is 10.00 Å². The van der Waals surface area contributed by atoms with Gasteiger partial charge in [0.05, 0.1) is 24.4 Å². The highest BCUT2D eigenvalue weighted by molar-refractivity contribution is 5.65. The highest BCUT2D eigenvalue weighted by atomic mass is 16.5. The molecular formula is C21H20N4O. The van der Waals surface area contributed by atoms with Crippen molar-refractivity contribution < 1.29 is 4.74 Å². The number of aromatic nitrogens is 2. The van der Waals surface area contributed by atoms with E-state index in [9.17, 15) is 0 Å². The third kappa shape index (κ3) is 4.24. The maximum Gasteiger partial charge on any atom is 0.233 e. The Labute approximate surface area is 153 Å². The van der Waals surface area contributed by atoms with Gasteiger partial charge in [-0.2, -0.15) is 10.4 Å². The van der Waals surface area contributed by atoms with Gasteiger partial charge >= 0.3 is 0 Å². The minimum Gasteiger partial charge on any atom is -0.480 e. The van der Waals surface area contributed by atoms with Gasteiger partial charge in [-0.3, -0.25) is 0 Å². The number of nitrogens with one attached hydrogen (secondary N) is 1. The van der Waals surface area contributed by atoms with Crippen LogP contribution in [0.3, 0.4) is 0 Å². The summed E-state index contributed by atoms with van der Waals surface area (Å²) < 4.78 is 5.01. The minimum atomic E-state index is 0.179. The van der Waals surface area contributed by atoms with Crippen LogP contribution in [-0.2, 0) is 6.54 Å². The number of hydrogen-bond acceptors (Lipinski definition) is 5. The molecule has 26 heavy (non-hydrogen) atoms. The Balaban J connectivity index is 1.64. The maximum absolute atomic E-state index is 9.03. The molecule has 0 amide bonds. The van der Waals surface area contributed by atoms with Gasteiger partial charge < -0.3 is 10.1 Å². The Kier molecular flexibility index (Phi) is 5.57. The van der Waals surface area contributed by atoms with E-state index < -0.39 is 0 Å². The van der Waals surface area contributed by atoms with Gasteiger partial charge in [0.25, 0.3) is 0 Å². The summed E-state index contributed by atoms with van der Waals surface area (Å²) in [5.74, 6) is 0.512. The van der Waals surface area contributed by atoms with Gasteiger partial charge in [-0.1, -0.05) is 36.4 Å². The van der Waals surface area contributed by atoms with E-state index in [0.29, 0.717) is 18.0 Å². The van der Waals surface area contributed by atoms with Crippen molar-refractivity contribution in [3.05, 3.63) is 77.5 Å². The fraction of sp³-hybridized carbons (Fsp3) is 0.190. The summed E-state index contributed by atoms with van der Waals surface area (Å²) in [7, 11) is 1.57. The number of nitrogens with zero attached hydrogens (tertiary/aromatic N) is 3. The topological polar surface area (TPSA) is 70.8 Å². The number of rotatable bonds is 6. The van der Waals surface area contributed by atoms with E-state index >= 15 is 0 Å². The molecule has 3 rings (SSSR count). The maximum atomic E-state index is 9.03. The third-order valence-electron chi connectivity index (χ3n) is 4.23. The average molecular weight is 344 g/mol. The van der Waals surface area contributed by atoms with Crippen molar-refractivity contribution in [3.63, 3.8) is 0 Å². The Bertz CT molecular complexity index is 899. The average Bonchev–Trinajstić information content (AvgIpc) is 2.72. The quantitative estimate of drug-likeness (QED) is 0.735. The number of benzene rings is 2. The van der Waals surface area contributed by atoms with Crippen molar-refractivity contribution >= 4 is 0 Å². The Morgan fingerprint density at radius 2 is 1.85 bits per heavy atom. The van der Waals surface area contributed by atoms with Crippen LogP contribution in [0.5, 0.6) is 5.88 Å². The molecule has 130 valence electrons. The predicted octanol–water partition coefficient (Wildman–Crippen LogP) is 3.87. The van der Waals surface area contributed by atoms with Gasteiger partial charge in [-0.15, -0.1) is 5.10 Å². The van der Waals surface area contributed by atoms with Crippen molar-refractivity contribution in [1.29, 1.82) is 5.26 Å². The molecule has 3 aromatic rings. The molecule has 0 unspecified atom stereocenters. The zero-order valence-electron chi connectivity index (χ0n) is 14.8. The monoisotopic (exact) mass is 344 g/mol. The summed E-state index contributed by atoms with van der Waals surface area (Å²) in [6.45, 7) is 2.74. The van der Waals surface area contributed by atoms with Crippen LogP contribution in [0.2, 0.25) is 0 Å². The molecule has 5 heteroatoms. The Morgan fingerprint density at radius 3 is 2.50 bits per heavy atom. The van der Waals surface area contributed by atoms with Crippen LogP contribution in [0, 0.1) is 11.3 Å². The van der Waals surface area contributed by atoms with Crippen molar-refractivity contribution in [2.24, 2.45) is 0 Å². The molecule has 0 radical (unpaired) electrons. The SMILES string of the molecule is COc1ccc(CN[C@H](C)c2ccc(-c3cccc(C#N)c3)cc2)nn1. The lowest BCUT2D eigenvalue weighted by Crippen LogP contribution is -2.19. The van der Waals surface area contributed by atoms with Crippen LogP contribution >= 0.6 is 0 Å². The first-order chi connectivity index (χ1) is 12.7. The number of nitriles is 1. The van der Waals surface area contributed by atoms with Crippen LogP contribution in [0.1, 0.15) is 29.8 Å². The molecule has 0 saturated carbocycles. The third-order valence-corrected chi connectivity index (χ3v) is 4.23. The van der Waals surface area contributed by atoms with Crippen LogP contribution < -0.4 is 10.1 Å². The molecule has 2 aromatic carbocycles. The summed E-state index contributed by atoms with van der Waals surface area (Å²) >= 11 is 0. The van der Waals surface area contributed by atoms with Crippen LogP contribution in [0.15, 0.2) is 60.7 Å². The molecule has 0 aliphatic carbocycles. The van der Waals surface area contributed by atoms with Crippen molar-refractivity contribution in [2.45, 2.75) is 19.5 Å². The standard InChI is InChI=1S/C21H20N4O/c1-15(23-14-20-10-11-21(26-2)25-24-20)17-6-8-18(9-7-17)19-5-3-4-16(12-19)13-22/h3-12,15,23H,14H2,1-2H3/t15-/m1/s1. The van der Waals surface area contributed by atoms with E-state index in [0.717, 1.165) is 16.8 Å². The predicted molar refractivity (Wildman–Crippen MR) is 100 cm³/mol. The second-order valence-electron chi connectivity index (χ2n) is 5.98. The molecular weight excluding hydrogens is 324 g/mol.